The van der Waals surface area contributed by atoms with Gasteiger partial charge in [-0.3, -0.25) is 0 Å². The first-order valence-corrected chi connectivity index (χ1v) is 5.01. The number of rotatable bonds is 6. The fourth-order valence-electron chi connectivity index (χ4n) is 0.892. The van der Waals surface area contributed by atoms with Gasteiger partial charge in [0, 0.05) is 6.54 Å². The molecule has 68 valence electrons. The van der Waals surface area contributed by atoms with Gasteiger partial charge >= 0.3 is 0 Å². The predicted molar refractivity (Wildman–Crippen MR) is 51.3 cm³/mol. The second-order valence-electron chi connectivity index (χ2n) is 2.52. The third-order valence-electron chi connectivity index (χ3n) is 1.52. The van der Waals surface area contributed by atoms with Gasteiger partial charge in [0.2, 0.25) is 5.13 Å². The zero-order valence-electron chi connectivity index (χ0n) is 6.99. The summed E-state index contributed by atoms with van der Waals surface area (Å²) in [5, 5.41) is 11.7. The van der Waals surface area contributed by atoms with Crippen molar-refractivity contribution in [3.8, 4) is 0 Å². The second kappa shape index (κ2) is 5.91. The summed E-state index contributed by atoms with van der Waals surface area (Å²) in [6.45, 7) is 1.76. The molecule has 5 heteroatoms. The van der Waals surface area contributed by atoms with Crippen LogP contribution in [0.25, 0.3) is 0 Å². The highest BCUT2D eigenvalue weighted by Crippen LogP contribution is 2.07. The number of nitrogens with zero attached hydrogens (tertiary/aromatic N) is 2. The predicted octanol–water partition coefficient (Wildman–Crippen LogP) is 1.08. The minimum absolute atomic E-state index is 0.790. The smallest absolute Gasteiger partial charge is 0.205 e. The lowest BCUT2D eigenvalue weighted by Gasteiger charge is -2.00. The molecule has 1 heterocycles. The molecule has 0 spiro atoms. The molecule has 12 heavy (non-hydrogen) atoms. The van der Waals surface area contributed by atoms with Crippen LogP contribution in [0.2, 0.25) is 0 Å². The first-order chi connectivity index (χ1) is 5.93. The summed E-state index contributed by atoms with van der Waals surface area (Å²) in [6.07, 6.45) is 3.44. The maximum atomic E-state index is 5.36. The standard InChI is InChI=1S/C7H14N4S/c8-4-2-1-3-5-9-7-11-10-6-12-7/h6H,1-5,8H2,(H,9,11). The number of hydrogen-bond acceptors (Lipinski definition) is 5. The Morgan fingerprint density at radius 1 is 1.42 bits per heavy atom. The number of aromatic nitrogens is 2. The lowest BCUT2D eigenvalue weighted by atomic mass is 10.2. The molecular weight excluding hydrogens is 172 g/mol. The molecule has 0 aromatic carbocycles. The molecule has 1 rings (SSSR count). The maximum Gasteiger partial charge on any atom is 0.205 e. The fourth-order valence-corrected chi connectivity index (χ4v) is 1.37. The van der Waals surface area contributed by atoms with Crippen molar-refractivity contribution in [2.75, 3.05) is 18.4 Å². The molecule has 0 unspecified atom stereocenters. The molecule has 1 aromatic rings. The van der Waals surface area contributed by atoms with Gasteiger partial charge in [0.05, 0.1) is 0 Å². The van der Waals surface area contributed by atoms with Gasteiger partial charge in [-0.1, -0.05) is 17.8 Å². The lowest BCUT2D eigenvalue weighted by Crippen LogP contribution is -2.03. The zero-order chi connectivity index (χ0) is 8.65. The van der Waals surface area contributed by atoms with E-state index in [0.717, 1.165) is 31.1 Å². The Bertz CT molecular complexity index is 187. The second-order valence-corrected chi connectivity index (χ2v) is 3.35. The normalized spacial score (nSPS) is 10.1. The van der Waals surface area contributed by atoms with Crippen molar-refractivity contribution in [2.45, 2.75) is 19.3 Å². The van der Waals surface area contributed by atoms with Crippen LogP contribution in [0, 0.1) is 0 Å². The summed E-state index contributed by atoms with van der Waals surface area (Å²) >= 11 is 1.53. The first kappa shape index (κ1) is 9.41. The van der Waals surface area contributed by atoms with Gasteiger partial charge < -0.3 is 11.1 Å². The largest absolute Gasteiger partial charge is 0.360 e. The van der Waals surface area contributed by atoms with E-state index in [0.29, 0.717) is 0 Å². The molecule has 0 fully saturated rings. The SMILES string of the molecule is NCCCCCNc1nncs1. The van der Waals surface area contributed by atoms with Crippen molar-refractivity contribution in [3.63, 3.8) is 0 Å². The van der Waals surface area contributed by atoms with Crippen LogP contribution in [0.5, 0.6) is 0 Å². The Kier molecular flexibility index (Phi) is 4.63. The number of hydrogen-bond donors (Lipinski definition) is 2. The van der Waals surface area contributed by atoms with Crippen molar-refractivity contribution in [2.24, 2.45) is 5.73 Å². The van der Waals surface area contributed by atoms with E-state index in [2.05, 4.69) is 15.5 Å². The zero-order valence-corrected chi connectivity index (χ0v) is 7.81. The number of nitrogens with two attached hydrogens (primary N) is 1. The molecule has 0 aliphatic rings. The number of nitrogens with one attached hydrogen (secondary N) is 1. The third kappa shape index (κ3) is 3.64. The van der Waals surface area contributed by atoms with Gasteiger partial charge in [-0.2, -0.15) is 0 Å². The minimum Gasteiger partial charge on any atom is -0.360 e. The van der Waals surface area contributed by atoms with Crippen molar-refractivity contribution < 1.29 is 0 Å². The summed E-state index contributed by atoms with van der Waals surface area (Å²) in [4.78, 5) is 0. The summed E-state index contributed by atoms with van der Waals surface area (Å²) < 4.78 is 0. The van der Waals surface area contributed by atoms with E-state index in [-0.39, 0.29) is 0 Å². The van der Waals surface area contributed by atoms with Crippen LogP contribution in [0.1, 0.15) is 19.3 Å². The Morgan fingerprint density at radius 3 is 3.00 bits per heavy atom. The molecular formula is C7H14N4S. The molecule has 0 saturated carbocycles. The Hall–Kier alpha value is -0.680. The quantitative estimate of drug-likeness (QED) is 0.652. The number of unbranched alkanes of at least 4 members (excludes halogenated alkanes) is 2. The van der Waals surface area contributed by atoms with E-state index < -0.39 is 0 Å². The molecule has 0 saturated heterocycles. The van der Waals surface area contributed by atoms with Gasteiger partial charge in [-0.25, -0.2) is 0 Å². The van der Waals surface area contributed by atoms with E-state index >= 15 is 0 Å². The molecule has 0 bridgehead atoms. The molecule has 0 aliphatic heterocycles. The Balaban J connectivity index is 1.96. The number of anilines is 1. The Morgan fingerprint density at radius 2 is 2.33 bits per heavy atom. The van der Waals surface area contributed by atoms with Crippen molar-refractivity contribution in [3.05, 3.63) is 5.51 Å². The van der Waals surface area contributed by atoms with E-state index in [1.54, 1.807) is 5.51 Å². The summed E-state index contributed by atoms with van der Waals surface area (Å²) in [7, 11) is 0. The van der Waals surface area contributed by atoms with Gasteiger partial charge in [0.1, 0.15) is 5.51 Å². The van der Waals surface area contributed by atoms with Crippen LogP contribution < -0.4 is 11.1 Å². The molecule has 0 radical (unpaired) electrons. The minimum atomic E-state index is 0.790. The van der Waals surface area contributed by atoms with Crippen molar-refractivity contribution >= 4 is 16.5 Å². The van der Waals surface area contributed by atoms with Crippen LogP contribution >= 0.6 is 11.3 Å². The van der Waals surface area contributed by atoms with E-state index in [4.69, 9.17) is 5.73 Å². The monoisotopic (exact) mass is 186 g/mol. The van der Waals surface area contributed by atoms with Gasteiger partial charge in [0.25, 0.3) is 0 Å². The van der Waals surface area contributed by atoms with Crippen LogP contribution in [-0.4, -0.2) is 23.3 Å². The van der Waals surface area contributed by atoms with Crippen LogP contribution in [0.4, 0.5) is 5.13 Å². The highest BCUT2D eigenvalue weighted by molar-refractivity contribution is 7.13. The van der Waals surface area contributed by atoms with Gasteiger partial charge in [0.15, 0.2) is 0 Å². The average molecular weight is 186 g/mol. The van der Waals surface area contributed by atoms with Crippen molar-refractivity contribution in [1.29, 1.82) is 0 Å². The molecule has 3 N–H and O–H groups in total. The third-order valence-corrected chi connectivity index (χ3v) is 2.17. The van der Waals surface area contributed by atoms with Crippen LogP contribution in [-0.2, 0) is 0 Å². The van der Waals surface area contributed by atoms with Gasteiger partial charge in [-0.05, 0) is 19.4 Å². The van der Waals surface area contributed by atoms with Crippen molar-refractivity contribution in [1.82, 2.24) is 10.2 Å². The van der Waals surface area contributed by atoms with E-state index in [1.165, 1.54) is 17.8 Å². The molecule has 4 nitrogen and oxygen atoms in total. The first-order valence-electron chi connectivity index (χ1n) is 4.13. The molecule has 1 aromatic heterocycles. The van der Waals surface area contributed by atoms with Gasteiger partial charge in [-0.15, -0.1) is 10.2 Å². The topological polar surface area (TPSA) is 63.8 Å². The average Bonchev–Trinajstić information content (AvgIpc) is 2.57. The highest BCUT2D eigenvalue weighted by Gasteiger charge is 1.93. The van der Waals surface area contributed by atoms with Crippen LogP contribution in [0.15, 0.2) is 5.51 Å². The summed E-state index contributed by atoms with van der Waals surface area (Å²) in [5.41, 5.74) is 7.09. The fraction of sp³-hybridized carbons (Fsp3) is 0.714. The van der Waals surface area contributed by atoms with E-state index in [1.807, 2.05) is 0 Å². The molecule has 0 atom stereocenters. The highest BCUT2D eigenvalue weighted by atomic mass is 32.1. The maximum absolute atomic E-state index is 5.36. The lowest BCUT2D eigenvalue weighted by molar-refractivity contribution is 0.706. The summed E-state index contributed by atoms with van der Waals surface area (Å²) in [6, 6.07) is 0. The Labute approximate surface area is 76.2 Å². The molecule has 0 amide bonds. The summed E-state index contributed by atoms with van der Waals surface area (Å²) in [5.74, 6) is 0. The van der Waals surface area contributed by atoms with E-state index in [9.17, 15) is 0 Å². The van der Waals surface area contributed by atoms with Crippen LogP contribution in [0.3, 0.4) is 0 Å². The molecule has 0 aliphatic carbocycles.